The first-order valence-electron chi connectivity index (χ1n) is 4.93. The van der Waals surface area contributed by atoms with E-state index in [1.54, 1.807) is 10.8 Å². The van der Waals surface area contributed by atoms with E-state index < -0.39 is 0 Å². The predicted molar refractivity (Wildman–Crippen MR) is 91.7 cm³/mol. The van der Waals surface area contributed by atoms with Gasteiger partial charge in [-0.05, 0) is 64.0 Å². The van der Waals surface area contributed by atoms with Crippen molar-refractivity contribution in [1.29, 1.82) is 0 Å². The molecule has 0 aliphatic carbocycles. The molecular weight excluding hydrogens is 313 g/mol. The second-order valence-electron chi connectivity index (χ2n) is 2.83. The van der Waals surface area contributed by atoms with Crippen LogP contribution in [0.4, 0.5) is 0 Å². The Morgan fingerprint density at radius 2 is 1.62 bits per heavy atom. The molecule has 0 unspecified atom stereocenters. The van der Waals surface area contributed by atoms with Crippen LogP contribution in [-0.2, 0) is 0 Å². The van der Waals surface area contributed by atoms with Crippen molar-refractivity contribution in [3.8, 4) is 0 Å². The molecule has 0 aromatic heterocycles. The maximum atomic E-state index is 2.25. The van der Waals surface area contributed by atoms with Gasteiger partial charge in [-0.2, -0.15) is 0 Å². The molecule has 0 saturated carbocycles. The van der Waals surface area contributed by atoms with Gasteiger partial charge in [0.05, 0.1) is 0 Å². The summed E-state index contributed by atoms with van der Waals surface area (Å²) in [4.78, 5) is 0. The fourth-order valence-corrected chi connectivity index (χ4v) is 11.8. The van der Waals surface area contributed by atoms with E-state index in [4.69, 9.17) is 0 Å². The highest BCUT2D eigenvalue weighted by Crippen LogP contribution is 2.52. The smallest absolute Gasteiger partial charge is 0.00455 e. The van der Waals surface area contributed by atoms with E-state index in [1.165, 1.54) is 25.0 Å². The van der Waals surface area contributed by atoms with Crippen LogP contribution in [0, 0.1) is 0 Å². The Morgan fingerprint density at radius 1 is 0.750 bits per heavy atom. The van der Waals surface area contributed by atoms with Gasteiger partial charge in [0.2, 0.25) is 0 Å². The Kier molecular flexibility index (Phi) is 12.3. The summed E-state index contributed by atoms with van der Waals surface area (Å²) >= 11 is 0. The van der Waals surface area contributed by atoms with Crippen LogP contribution in [0.25, 0.3) is 0 Å². The summed E-state index contributed by atoms with van der Waals surface area (Å²) in [5.74, 6) is 1.26. The van der Waals surface area contributed by atoms with Crippen molar-refractivity contribution >= 4 is 60.9 Å². The second-order valence-corrected chi connectivity index (χ2v) is 12.3. The highest BCUT2D eigenvalue weighted by molar-refractivity contribution is 9.42. The molecule has 0 aromatic rings. The zero-order valence-electron chi connectivity index (χ0n) is 8.74. The Labute approximate surface area is 121 Å². The minimum Gasteiger partial charge on any atom is -0.0845 e. The zero-order valence-corrected chi connectivity index (χ0v) is 13.6. The maximum Gasteiger partial charge on any atom is 0.00455 e. The van der Waals surface area contributed by atoms with E-state index in [2.05, 4.69) is 35.8 Å². The Balaban J connectivity index is 2.23. The van der Waals surface area contributed by atoms with Gasteiger partial charge in [0.1, 0.15) is 0 Å². The lowest BCUT2D eigenvalue weighted by Crippen LogP contribution is -1.75. The average Bonchev–Trinajstić information content (AvgIpc) is 2.29. The summed E-state index contributed by atoms with van der Waals surface area (Å²) in [5, 5.41) is 2.12. The summed E-state index contributed by atoms with van der Waals surface area (Å²) in [6, 6.07) is 0. The van der Waals surface area contributed by atoms with E-state index in [-0.39, 0.29) is 0 Å². The van der Waals surface area contributed by atoms with Gasteiger partial charge in [-0.3, -0.25) is 0 Å². The van der Waals surface area contributed by atoms with Crippen molar-refractivity contribution in [3.63, 3.8) is 0 Å². The van der Waals surface area contributed by atoms with Crippen LogP contribution in [0.15, 0.2) is 35.8 Å². The standard InChI is InChI=1S/C10H14S6/c1-2-4-6-8-10-12-14-16-15-13-11-9-7-5-3-1/h1-3,5,7,9H,4,6,8,10H2/b2-1+,5-3?,9-7?. The second kappa shape index (κ2) is 12.8. The molecule has 1 aliphatic rings. The molecule has 1 aliphatic heterocycles. The molecule has 0 aromatic carbocycles. The molecule has 0 bridgehead atoms. The van der Waals surface area contributed by atoms with Crippen molar-refractivity contribution in [1.82, 2.24) is 0 Å². The molecule has 1 rings (SSSR count). The quantitative estimate of drug-likeness (QED) is 0.447. The third kappa shape index (κ3) is 10.5. The topological polar surface area (TPSA) is 0 Å². The first-order valence-corrected chi connectivity index (χ1v) is 12.6. The summed E-state index contributed by atoms with van der Waals surface area (Å²) in [5.41, 5.74) is 0. The maximum absolute atomic E-state index is 2.25. The van der Waals surface area contributed by atoms with Crippen molar-refractivity contribution < 1.29 is 0 Å². The van der Waals surface area contributed by atoms with Crippen LogP contribution in [0.5, 0.6) is 0 Å². The van der Waals surface area contributed by atoms with Gasteiger partial charge in [-0.25, -0.2) is 0 Å². The first kappa shape index (κ1) is 15.4. The van der Waals surface area contributed by atoms with Gasteiger partial charge in [0, 0.05) is 5.75 Å². The summed E-state index contributed by atoms with van der Waals surface area (Å²) in [6.07, 6.45) is 14.5. The van der Waals surface area contributed by atoms with E-state index in [9.17, 15) is 0 Å². The number of allylic oxidation sites excluding steroid dienone is 5. The van der Waals surface area contributed by atoms with Crippen LogP contribution in [0.1, 0.15) is 19.3 Å². The van der Waals surface area contributed by atoms with Crippen LogP contribution >= 0.6 is 60.9 Å². The number of hydrogen-bond acceptors (Lipinski definition) is 6. The zero-order chi connectivity index (χ0) is 11.3. The molecular formula is C10H14S6. The predicted octanol–water partition coefficient (Wildman–Crippen LogP) is 6.77. The Hall–Kier alpha value is 1.32. The van der Waals surface area contributed by atoms with Crippen LogP contribution in [0.2, 0.25) is 0 Å². The molecule has 0 nitrogen and oxygen atoms in total. The van der Waals surface area contributed by atoms with Crippen molar-refractivity contribution in [2.75, 3.05) is 5.75 Å². The lowest BCUT2D eigenvalue weighted by atomic mass is 10.2. The summed E-state index contributed by atoms with van der Waals surface area (Å²) < 4.78 is 0. The molecule has 1 heterocycles. The molecule has 0 atom stereocenters. The van der Waals surface area contributed by atoms with E-state index in [0.29, 0.717) is 0 Å². The third-order valence-corrected chi connectivity index (χ3v) is 12.1. The fourth-order valence-electron chi connectivity index (χ4n) is 0.919. The lowest BCUT2D eigenvalue weighted by Gasteiger charge is -1.98. The van der Waals surface area contributed by atoms with Gasteiger partial charge in [-0.15, -0.1) is 0 Å². The normalized spacial score (nSPS) is 23.0. The fraction of sp³-hybridized carbons (Fsp3) is 0.400. The van der Waals surface area contributed by atoms with Crippen molar-refractivity contribution in [2.45, 2.75) is 19.3 Å². The molecule has 90 valence electrons. The summed E-state index contributed by atoms with van der Waals surface area (Å²) in [7, 11) is 11.1. The molecule has 0 radical (unpaired) electrons. The largest absolute Gasteiger partial charge is 0.0845 e. The molecule has 0 spiro atoms. The van der Waals surface area contributed by atoms with Crippen LogP contribution < -0.4 is 0 Å². The Bertz CT molecular complexity index is 211. The summed E-state index contributed by atoms with van der Waals surface area (Å²) in [6.45, 7) is 0. The number of rotatable bonds is 0. The molecule has 0 fully saturated rings. The van der Waals surface area contributed by atoms with Crippen LogP contribution in [0.3, 0.4) is 0 Å². The van der Waals surface area contributed by atoms with Gasteiger partial charge in [-0.1, -0.05) is 52.0 Å². The van der Waals surface area contributed by atoms with E-state index in [1.807, 2.05) is 50.1 Å². The molecule has 0 saturated heterocycles. The third-order valence-electron chi connectivity index (χ3n) is 1.62. The van der Waals surface area contributed by atoms with Crippen molar-refractivity contribution in [3.05, 3.63) is 35.8 Å². The SMILES string of the molecule is C1=C/C=C/CCCCSSSSSSC=C1. The minimum absolute atomic E-state index is 1.20. The molecule has 16 heavy (non-hydrogen) atoms. The highest BCUT2D eigenvalue weighted by atomic mass is 33.9. The Morgan fingerprint density at radius 3 is 2.62 bits per heavy atom. The van der Waals surface area contributed by atoms with Gasteiger partial charge < -0.3 is 0 Å². The van der Waals surface area contributed by atoms with Crippen LogP contribution in [-0.4, -0.2) is 5.75 Å². The average molecular weight is 327 g/mol. The molecule has 6 heteroatoms. The first-order chi connectivity index (χ1) is 8.00. The highest BCUT2D eigenvalue weighted by Gasteiger charge is 1.94. The molecule has 0 N–H and O–H groups in total. The van der Waals surface area contributed by atoms with Gasteiger partial charge in [0.15, 0.2) is 0 Å². The van der Waals surface area contributed by atoms with Gasteiger partial charge in [0.25, 0.3) is 0 Å². The molecule has 0 amide bonds. The lowest BCUT2D eigenvalue weighted by molar-refractivity contribution is 0.824. The monoisotopic (exact) mass is 326 g/mol. The van der Waals surface area contributed by atoms with E-state index >= 15 is 0 Å². The number of hydrogen-bond donors (Lipinski definition) is 0. The van der Waals surface area contributed by atoms with E-state index in [0.717, 1.165) is 0 Å². The van der Waals surface area contributed by atoms with Crippen molar-refractivity contribution in [2.24, 2.45) is 0 Å². The van der Waals surface area contributed by atoms with Gasteiger partial charge >= 0.3 is 0 Å². The minimum atomic E-state index is 1.20.